The molecular weight excluding hydrogens is 382 g/mol. The van der Waals surface area contributed by atoms with Crippen molar-refractivity contribution in [3.63, 3.8) is 0 Å². The molecule has 0 aliphatic carbocycles. The summed E-state index contributed by atoms with van der Waals surface area (Å²) in [5.74, 6) is 0.507. The van der Waals surface area contributed by atoms with Gasteiger partial charge in [0.05, 0.1) is 25.4 Å². The summed E-state index contributed by atoms with van der Waals surface area (Å²) >= 11 is 0. The fourth-order valence-electron chi connectivity index (χ4n) is 4.08. The fourth-order valence-corrected chi connectivity index (χ4v) is 4.08. The van der Waals surface area contributed by atoms with Crippen LogP contribution in [0.2, 0.25) is 0 Å². The molecular formula is C23H25N3O4. The molecule has 0 radical (unpaired) electrons. The van der Waals surface area contributed by atoms with E-state index >= 15 is 0 Å². The summed E-state index contributed by atoms with van der Waals surface area (Å²) in [5, 5.41) is 13.4. The second-order valence-electron chi connectivity index (χ2n) is 7.57. The van der Waals surface area contributed by atoms with Crippen LogP contribution in [0, 0.1) is 13.8 Å². The maximum Gasteiger partial charge on any atom is 0.318 e. The predicted octanol–water partition coefficient (Wildman–Crippen LogP) is 3.86. The van der Waals surface area contributed by atoms with Gasteiger partial charge in [0.2, 0.25) is 0 Å². The van der Waals surface area contributed by atoms with E-state index in [2.05, 4.69) is 22.4 Å². The lowest BCUT2D eigenvalue weighted by atomic mass is 9.85. The molecule has 0 fully saturated rings. The molecule has 2 amide bonds. The number of hydrogen-bond donors (Lipinski definition) is 2. The van der Waals surface area contributed by atoms with E-state index in [1.807, 2.05) is 30.9 Å². The van der Waals surface area contributed by atoms with Gasteiger partial charge in [-0.15, -0.1) is 0 Å². The van der Waals surface area contributed by atoms with E-state index in [-0.39, 0.29) is 24.4 Å². The number of amides is 2. The first-order valence-electron chi connectivity index (χ1n) is 9.86. The highest BCUT2D eigenvalue weighted by molar-refractivity contribution is 5.76. The van der Waals surface area contributed by atoms with Crippen molar-refractivity contribution in [2.75, 3.05) is 13.7 Å². The fraction of sp³-hybridized carbons (Fsp3) is 0.304. The first-order valence-corrected chi connectivity index (χ1v) is 9.86. The molecule has 1 aliphatic rings. The summed E-state index contributed by atoms with van der Waals surface area (Å²) in [7, 11) is 1.54. The lowest BCUT2D eigenvalue weighted by molar-refractivity contribution is 0.179. The average Bonchev–Trinajstić information content (AvgIpc) is 3.25. The molecule has 2 N–H and O–H groups in total. The molecule has 0 saturated heterocycles. The normalized spacial score (nSPS) is 15.6. The monoisotopic (exact) mass is 407 g/mol. The summed E-state index contributed by atoms with van der Waals surface area (Å²) in [4.78, 5) is 19.0. The van der Waals surface area contributed by atoms with Crippen LogP contribution in [0.5, 0.6) is 11.5 Å². The van der Waals surface area contributed by atoms with Crippen molar-refractivity contribution in [1.82, 2.24) is 15.2 Å². The van der Waals surface area contributed by atoms with E-state index in [1.165, 1.54) is 19.8 Å². The number of rotatable bonds is 4. The van der Waals surface area contributed by atoms with Crippen LogP contribution in [0.1, 0.15) is 39.6 Å². The number of aromatic nitrogens is 1. The minimum atomic E-state index is -0.316. The van der Waals surface area contributed by atoms with Gasteiger partial charge in [0.15, 0.2) is 17.9 Å². The molecule has 1 atom stereocenters. The number of nitrogens with one attached hydrogen (secondary N) is 1. The zero-order valence-electron chi connectivity index (χ0n) is 17.3. The Morgan fingerprint density at radius 3 is 2.83 bits per heavy atom. The number of urea groups is 1. The Balaban J connectivity index is 1.74. The topological polar surface area (TPSA) is 87.8 Å². The average molecular weight is 407 g/mol. The lowest BCUT2D eigenvalue weighted by Crippen LogP contribution is -2.46. The van der Waals surface area contributed by atoms with Gasteiger partial charge < -0.3 is 24.5 Å². The Morgan fingerprint density at radius 1 is 1.30 bits per heavy atom. The third-order valence-electron chi connectivity index (χ3n) is 5.55. The van der Waals surface area contributed by atoms with Crippen LogP contribution in [0.15, 0.2) is 47.4 Å². The number of fused-ring (bicyclic) bond motifs is 1. The zero-order valence-corrected chi connectivity index (χ0v) is 17.3. The number of phenols is 1. The molecule has 0 saturated carbocycles. The highest BCUT2D eigenvalue weighted by Gasteiger charge is 2.34. The van der Waals surface area contributed by atoms with Gasteiger partial charge in [0.25, 0.3) is 0 Å². The number of carbonyl (C=O) groups excluding carboxylic acids is 1. The summed E-state index contributed by atoms with van der Waals surface area (Å²) in [5.41, 5.74) is 5.91. The number of hydrogen-bond acceptors (Lipinski definition) is 5. The Morgan fingerprint density at radius 2 is 2.13 bits per heavy atom. The van der Waals surface area contributed by atoms with Crippen LogP contribution in [-0.2, 0) is 13.0 Å². The second-order valence-corrected chi connectivity index (χ2v) is 7.57. The molecule has 0 spiro atoms. The Labute approximate surface area is 175 Å². The molecule has 1 unspecified atom stereocenters. The number of nitrogens with zero attached hydrogens (tertiary/aromatic N) is 2. The summed E-state index contributed by atoms with van der Waals surface area (Å²) in [6, 6.07) is 9.29. The van der Waals surface area contributed by atoms with Gasteiger partial charge in [-0.3, -0.25) is 0 Å². The number of carbonyl (C=O) groups is 1. The molecule has 1 aromatic heterocycles. The lowest BCUT2D eigenvalue weighted by Gasteiger charge is -2.38. The molecule has 7 nitrogen and oxygen atoms in total. The van der Waals surface area contributed by atoms with Crippen molar-refractivity contribution in [1.29, 1.82) is 0 Å². The first kappa shape index (κ1) is 19.8. The van der Waals surface area contributed by atoms with Gasteiger partial charge in [-0.05, 0) is 54.7 Å². The zero-order chi connectivity index (χ0) is 21.3. The third-order valence-corrected chi connectivity index (χ3v) is 5.55. The van der Waals surface area contributed by atoms with E-state index in [9.17, 15) is 9.90 Å². The minimum Gasteiger partial charge on any atom is -0.504 e. The van der Waals surface area contributed by atoms with E-state index in [1.54, 1.807) is 6.07 Å². The number of benzene rings is 2. The molecule has 0 bridgehead atoms. The largest absolute Gasteiger partial charge is 0.504 e. The van der Waals surface area contributed by atoms with Crippen molar-refractivity contribution in [3.05, 3.63) is 76.5 Å². The number of aryl methyl sites for hydroxylation is 2. The van der Waals surface area contributed by atoms with Crippen LogP contribution in [0.3, 0.4) is 0 Å². The van der Waals surface area contributed by atoms with Gasteiger partial charge in [-0.1, -0.05) is 23.8 Å². The number of oxazole rings is 1. The SMILES string of the molecule is COc1cc2c(cc1O)C(c1ccc(C)cc1C)N(C(=O)NCc1cocn1)CC2. The number of ether oxygens (including phenoxy) is 1. The highest BCUT2D eigenvalue weighted by Crippen LogP contribution is 2.41. The minimum absolute atomic E-state index is 0.0656. The van der Waals surface area contributed by atoms with Crippen molar-refractivity contribution >= 4 is 6.03 Å². The van der Waals surface area contributed by atoms with Gasteiger partial charge in [-0.2, -0.15) is 0 Å². The van der Waals surface area contributed by atoms with E-state index < -0.39 is 0 Å². The molecule has 1 aliphatic heterocycles. The van der Waals surface area contributed by atoms with Crippen LogP contribution in [-0.4, -0.2) is 34.7 Å². The van der Waals surface area contributed by atoms with E-state index in [4.69, 9.17) is 9.15 Å². The Hall–Kier alpha value is -3.48. The molecule has 2 aromatic carbocycles. The number of methoxy groups -OCH3 is 1. The summed E-state index contributed by atoms with van der Waals surface area (Å²) in [6.07, 6.45) is 3.52. The van der Waals surface area contributed by atoms with Crippen LogP contribution in [0.4, 0.5) is 4.79 Å². The standard InChI is InChI=1S/C23H25N3O4/c1-14-4-5-18(15(2)8-14)22-19-10-20(27)21(29-3)9-16(19)6-7-26(22)23(28)24-11-17-12-30-13-25-17/h4-5,8-10,12-13,22,27H,6-7,11H2,1-3H3,(H,24,28). The Bertz CT molecular complexity index is 1060. The molecule has 4 rings (SSSR count). The van der Waals surface area contributed by atoms with Gasteiger partial charge in [0.1, 0.15) is 6.26 Å². The Kier molecular flexibility index (Phi) is 5.35. The molecule has 7 heteroatoms. The number of phenolic OH excluding ortho intramolecular Hbond substituents is 1. The van der Waals surface area contributed by atoms with Gasteiger partial charge >= 0.3 is 6.03 Å². The second kappa shape index (κ2) is 8.10. The quantitative estimate of drug-likeness (QED) is 0.686. The van der Waals surface area contributed by atoms with Gasteiger partial charge in [-0.25, -0.2) is 9.78 Å². The predicted molar refractivity (Wildman–Crippen MR) is 112 cm³/mol. The van der Waals surface area contributed by atoms with Crippen LogP contribution >= 0.6 is 0 Å². The summed E-state index contributed by atoms with van der Waals surface area (Å²) in [6.45, 7) is 4.92. The van der Waals surface area contributed by atoms with Crippen molar-refractivity contribution in [3.8, 4) is 11.5 Å². The van der Waals surface area contributed by atoms with E-state index in [0.29, 0.717) is 24.4 Å². The van der Waals surface area contributed by atoms with Crippen LogP contribution < -0.4 is 10.1 Å². The maximum atomic E-state index is 13.1. The molecule has 3 aromatic rings. The summed E-state index contributed by atoms with van der Waals surface area (Å²) < 4.78 is 10.3. The van der Waals surface area contributed by atoms with E-state index in [0.717, 1.165) is 27.8 Å². The van der Waals surface area contributed by atoms with Crippen molar-refractivity contribution in [2.24, 2.45) is 0 Å². The third kappa shape index (κ3) is 3.70. The maximum absolute atomic E-state index is 13.1. The van der Waals surface area contributed by atoms with Crippen LogP contribution in [0.25, 0.3) is 0 Å². The van der Waals surface area contributed by atoms with Crippen molar-refractivity contribution in [2.45, 2.75) is 32.9 Å². The first-order chi connectivity index (χ1) is 14.5. The molecule has 2 heterocycles. The van der Waals surface area contributed by atoms with Gasteiger partial charge in [0, 0.05) is 6.54 Å². The molecule has 156 valence electrons. The smallest absolute Gasteiger partial charge is 0.318 e. The number of aromatic hydroxyl groups is 1. The highest BCUT2D eigenvalue weighted by atomic mass is 16.5. The molecule has 30 heavy (non-hydrogen) atoms. The van der Waals surface area contributed by atoms with Crippen molar-refractivity contribution < 1.29 is 19.1 Å².